The van der Waals surface area contributed by atoms with Crippen molar-refractivity contribution in [2.45, 2.75) is 39.2 Å². The van der Waals surface area contributed by atoms with Crippen molar-refractivity contribution in [1.29, 1.82) is 0 Å². The molecular formula is C13H19BrIN. The summed E-state index contributed by atoms with van der Waals surface area (Å²) in [5, 5.41) is 3.62. The Bertz CT molecular complexity index is 328. The van der Waals surface area contributed by atoms with Crippen LogP contribution in [-0.4, -0.2) is 6.54 Å². The third-order valence-corrected chi connectivity index (χ3v) is 3.94. The van der Waals surface area contributed by atoms with Gasteiger partial charge in [-0.15, -0.1) is 0 Å². The van der Waals surface area contributed by atoms with Gasteiger partial charge in [0.2, 0.25) is 0 Å². The van der Waals surface area contributed by atoms with E-state index in [1.54, 1.807) is 0 Å². The van der Waals surface area contributed by atoms with Gasteiger partial charge in [-0.25, -0.2) is 0 Å². The first kappa shape index (κ1) is 14.5. The topological polar surface area (TPSA) is 12.0 Å². The van der Waals surface area contributed by atoms with Crippen molar-refractivity contribution in [2.75, 3.05) is 6.54 Å². The predicted molar refractivity (Wildman–Crippen MR) is 82.8 cm³/mol. The van der Waals surface area contributed by atoms with Crippen molar-refractivity contribution >= 4 is 38.5 Å². The number of rotatable bonds is 6. The van der Waals surface area contributed by atoms with E-state index < -0.39 is 0 Å². The summed E-state index contributed by atoms with van der Waals surface area (Å²) in [7, 11) is 0. The Kier molecular flexibility index (Phi) is 6.92. The lowest BCUT2D eigenvalue weighted by Crippen LogP contribution is -2.22. The van der Waals surface area contributed by atoms with E-state index in [2.05, 4.69) is 75.9 Å². The second-order valence-electron chi connectivity index (χ2n) is 3.96. The van der Waals surface area contributed by atoms with E-state index in [1.165, 1.54) is 32.9 Å². The molecule has 0 saturated heterocycles. The second kappa shape index (κ2) is 7.67. The molecule has 0 radical (unpaired) electrons. The van der Waals surface area contributed by atoms with Crippen molar-refractivity contribution in [3.63, 3.8) is 0 Å². The second-order valence-corrected chi connectivity index (χ2v) is 6.06. The summed E-state index contributed by atoms with van der Waals surface area (Å²) in [5.74, 6) is 0. The summed E-state index contributed by atoms with van der Waals surface area (Å²) in [4.78, 5) is 0. The zero-order chi connectivity index (χ0) is 12.0. The largest absolute Gasteiger partial charge is 0.310 e. The van der Waals surface area contributed by atoms with Crippen molar-refractivity contribution in [1.82, 2.24) is 5.32 Å². The summed E-state index contributed by atoms with van der Waals surface area (Å²) in [6.45, 7) is 5.53. The number of benzene rings is 1. The van der Waals surface area contributed by atoms with Crippen LogP contribution in [0.5, 0.6) is 0 Å². The van der Waals surface area contributed by atoms with Crippen LogP contribution < -0.4 is 5.32 Å². The molecule has 0 aliphatic carbocycles. The van der Waals surface area contributed by atoms with Crippen LogP contribution in [0.1, 0.15) is 44.7 Å². The number of nitrogens with one attached hydrogen (secondary N) is 1. The summed E-state index contributed by atoms with van der Waals surface area (Å²) >= 11 is 6.02. The molecule has 0 spiro atoms. The van der Waals surface area contributed by atoms with Gasteiger partial charge < -0.3 is 5.32 Å². The molecule has 0 aromatic heterocycles. The van der Waals surface area contributed by atoms with E-state index in [4.69, 9.17) is 0 Å². The van der Waals surface area contributed by atoms with Crippen LogP contribution in [0.25, 0.3) is 0 Å². The Morgan fingerprint density at radius 3 is 2.69 bits per heavy atom. The van der Waals surface area contributed by atoms with Gasteiger partial charge in [0, 0.05) is 14.1 Å². The molecule has 1 nitrogen and oxygen atoms in total. The predicted octanol–water partition coefficient (Wildman–Crippen LogP) is 4.89. The molecule has 0 aliphatic heterocycles. The Labute approximate surface area is 121 Å². The molecule has 0 heterocycles. The summed E-state index contributed by atoms with van der Waals surface area (Å²) in [6.07, 6.45) is 3.58. The molecule has 3 heteroatoms. The van der Waals surface area contributed by atoms with Crippen molar-refractivity contribution < 1.29 is 0 Å². The number of hydrogen-bond donors (Lipinski definition) is 1. The molecule has 1 atom stereocenters. The lowest BCUT2D eigenvalue weighted by Gasteiger charge is -2.20. The first-order valence-electron chi connectivity index (χ1n) is 5.87. The maximum atomic E-state index is 3.65. The number of hydrogen-bond acceptors (Lipinski definition) is 1. The number of halogens is 2. The average Bonchev–Trinajstić information content (AvgIpc) is 2.28. The molecule has 0 bridgehead atoms. The van der Waals surface area contributed by atoms with E-state index in [-0.39, 0.29) is 0 Å². The summed E-state index contributed by atoms with van der Waals surface area (Å²) < 4.78 is 2.52. The molecule has 1 rings (SSSR count). The molecule has 0 aliphatic rings. The Morgan fingerprint density at radius 1 is 1.31 bits per heavy atom. The molecule has 90 valence electrons. The standard InChI is InChI=1S/C13H19BrIN/c1-3-5-13(16-8-4-2)11-9-10(15)6-7-12(11)14/h6-7,9,13,16H,3-5,8H2,1-2H3. The van der Waals surface area contributed by atoms with Crippen LogP contribution in [0.2, 0.25) is 0 Å². The maximum Gasteiger partial charge on any atom is 0.0331 e. The van der Waals surface area contributed by atoms with E-state index in [0.717, 1.165) is 6.54 Å². The Morgan fingerprint density at radius 2 is 2.06 bits per heavy atom. The highest BCUT2D eigenvalue weighted by Gasteiger charge is 2.12. The third kappa shape index (κ3) is 4.34. The molecule has 16 heavy (non-hydrogen) atoms. The Balaban J connectivity index is 2.85. The maximum absolute atomic E-state index is 3.65. The monoisotopic (exact) mass is 395 g/mol. The quantitative estimate of drug-likeness (QED) is 0.676. The average molecular weight is 396 g/mol. The van der Waals surface area contributed by atoms with Crippen molar-refractivity contribution in [2.24, 2.45) is 0 Å². The van der Waals surface area contributed by atoms with Crippen LogP contribution in [-0.2, 0) is 0 Å². The minimum Gasteiger partial charge on any atom is -0.310 e. The lowest BCUT2D eigenvalue weighted by atomic mass is 10.0. The van der Waals surface area contributed by atoms with Gasteiger partial charge in [0.1, 0.15) is 0 Å². The first-order chi connectivity index (χ1) is 7.69. The van der Waals surface area contributed by atoms with Gasteiger partial charge in [0.25, 0.3) is 0 Å². The van der Waals surface area contributed by atoms with Gasteiger partial charge in [-0.1, -0.05) is 36.2 Å². The highest BCUT2D eigenvalue weighted by atomic mass is 127. The lowest BCUT2D eigenvalue weighted by molar-refractivity contribution is 0.492. The fourth-order valence-corrected chi connectivity index (χ4v) is 2.79. The highest BCUT2D eigenvalue weighted by molar-refractivity contribution is 14.1. The van der Waals surface area contributed by atoms with Gasteiger partial charge in [-0.2, -0.15) is 0 Å². The van der Waals surface area contributed by atoms with Gasteiger partial charge >= 0.3 is 0 Å². The van der Waals surface area contributed by atoms with Crippen LogP contribution in [0, 0.1) is 3.57 Å². The van der Waals surface area contributed by atoms with E-state index in [0.29, 0.717) is 6.04 Å². The van der Waals surface area contributed by atoms with E-state index in [9.17, 15) is 0 Å². The fraction of sp³-hybridized carbons (Fsp3) is 0.538. The molecule has 1 unspecified atom stereocenters. The zero-order valence-electron chi connectivity index (χ0n) is 9.89. The molecule has 1 aromatic rings. The molecule has 0 saturated carbocycles. The Hall–Kier alpha value is 0.390. The minimum atomic E-state index is 0.481. The van der Waals surface area contributed by atoms with Crippen LogP contribution in [0.15, 0.2) is 22.7 Å². The fourth-order valence-electron chi connectivity index (χ4n) is 1.76. The molecule has 0 fully saturated rings. The van der Waals surface area contributed by atoms with Gasteiger partial charge in [-0.05, 0) is 65.7 Å². The van der Waals surface area contributed by atoms with E-state index in [1.807, 2.05) is 0 Å². The van der Waals surface area contributed by atoms with Crippen LogP contribution >= 0.6 is 38.5 Å². The smallest absolute Gasteiger partial charge is 0.0331 e. The third-order valence-electron chi connectivity index (χ3n) is 2.55. The first-order valence-corrected chi connectivity index (χ1v) is 7.74. The minimum absolute atomic E-state index is 0.481. The van der Waals surface area contributed by atoms with Crippen molar-refractivity contribution in [3.8, 4) is 0 Å². The SMILES string of the molecule is CCCNC(CCC)c1cc(I)ccc1Br. The molecule has 1 N–H and O–H groups in total. The molecule has 1 aromatic carbocycles. The van der Waals surface area contributed by atoms with Crippen molar-refractivity contribution in [3.05, 3.63) is 31.8 Å². The summed E-state index contributed by atoms with van der Waals surface area (Å²) in [5.41, 5.74) is 1.39. The van der Waals surface area contributed by atoms with Gasteiger partial charge in [0.05, 0.1) is 0 Å². The summed E-state index contributed by atoms with van der Waals surface area (Å²) in [6, 6.07) is 7.03. The zero-order valence-corrected chi connectivity index (χ0v) is 13.6. The normalized spacial score (nSPS) is 12.8. The van der Waals surface area contributed by atoms with Crippen LogP contribution in [0.3, 0.4) is 0 Å². The van der Waals surface area contributed by atoms with Gasteiger partial charge in [-0.3, -0.25) is 0 Å². The van der Waals surface area contributed by atoms with Gasteiger partial charge in [0.15, 0.2) is 0 Å². The van der Waals surface area contributed by atoms with Crippen LogP contribution in [0.4, 0.5) is 0 Å². The molecule has 0 amide bonds. The van der Waals surface area contributed by atoms with E-state index >= 15 is 0 Å². The highest BCUT2D eigenvalue weighted by Crippen LogP contribution is 2.28. The molecular weight excluding hydrogens is 377 g/mol.